The van der Waals surface area contributed by atoms with E-state index in [4.69, 9.17) is 17.0 Å². The second-order valence-electron chi connectivity index (χ2n) is 3.46. The molecule has 0 aliphatic heterocycles. The van der Waals surface area contributed by atoms with Gasteiger partial charge in [0.05, 0.1) is 18.1 Å². The summed E-state index contributed by atoms with van der Waals surface area (Å²) in [7, 11) is 1.67. The summed E-state index contributed by atoms with van der Waals surface area (Å²) in [5, 5.41) is 0. The molecule has 0 amide bonds. The first-order valence-electron chi connectivity index (χ1n) is 5.01. The van der Waals surface area contributed by atoms with Gasteiger partial charge < -0.3 is 14.3 Å². The van der Waals surface area contributed by atoms with E-state index in [-0.39, 0.29) is 0 Å². The minimum atomic E-state index is 0.775. The van der Waals surface area contributed by atoms with Gasteiger partial charge in [-0.15, -0.1) is 0 Å². The van der Waals surface area contributed by atoms with E-state index < -0.39 is 0 Å². The van der Waals surface area contributed by atoms with E-state index in [0.29, 0.717) is 0 Å². The molecule has 0 saturated carbocycles. The van der Waals surface area contributed by atoms with E-state index in [0.717, 1.165) is 33.9 Å². The first-order chi connectivity index (χ1) is 7.76. The van der Waals surface area contributed by atoms with Gasteiger partial charge in [0.2, 0.25) is 0 Å². The highest BCUT2D eigenvalue weighted by Gasteiger charge is 2.04. The molecule has 1 aromatic heterocycles. The van der Waals surface area contributed by atoms with E-state index in [2.05, 4.69) is 15.8 Å². The van der Waals surface area contributed by atoms with Gasteiger partial charge in [0, 0.05) is 18.4 Å². The van der Waals surface area contributed by atoms with Crippen LogP contribution < -0.4 is 4.74 Å². The van der Waals surface area contributed by atoms with Crippen LogP contribution in [0.25, 0.3) is 11.0 Å². The Balaban J connectivity index is 2.49. The normalized spacial score (nSPS) is 10.9. The van der Waals surface area contributed by atoms with Gasteiger partial charge in [-0.25, -0.2) is 0 Å². The minimum absolute atomic E-state index is 0.775. The number of fused-ring (bicyclic) bond motifs is 1. The predicted molar refractivity (Wildman–Crippen MR) is 72.1 cm³/mol. The number of aryl methyl sites for hydroxylation is 1. The van der Waals surface area contributed by atoms with Crippen molar-refractivity contribution in [2.45, 2.75) is 6.54 Å². The van der Waals surface area contributed by atoms with Crippen molar-refractivity contribution in [3.8, 4) is 5.75 Å². The molecular weight excluding hydrogens is 240 g/mol. The van der Waals surface area contributed by atoms with E-state index in [1.807, 2.05) is 30.0 Å². The molecule has 3 nitrogen and oxygen atoms in total. The molecule has 5 heteroatoms. The third kappa shape index (κ3) is 2.10. The van der Waals surface area contributed by atoms with Crippen LogP contribution in [0.15, 0.2) is 18.2 Å². The molecule has 0 aliphatic carbocycles. The van der Waals surface area contributed by atoms with Gasteiger partial charge in [-0.3, -0.25) is 0 Å². The van der Waals surface area contributed by atoms with Gasteiger partial charge in [-0.2, -0.15) is 11.8 Å². The van der Waals surface area contributed by atoms with Crippen molar-refractivity contribution in [3.63, 3.8) is 0 Å². The summed E-state index contributed by atoms with van der Waals surface area (Å²) in [6, 6.07) is 5.97. The highest BCUT2D eigenvalue weighted by molar-refractivity contribution is 7.98. The Hall–Kier alpha value is -0.940. The standard InChI is InChI=1S/C11H14N2OS2/c1-14-8-3-4-10-9(7-8)12-11(15)13(10)5-6-16-2/h3-4,7H,5-6H2,1-2H3,(H,12,15). The number of H-pyrrole nitrogens is 1. The number of rotatable bonds is 4. The molecule has 0 radical (unpaired) electrons. The number of hydrogen-bond donors (Lipinski definition) is 1. The number of benzene rings is 1. The van der Waals surface area contributed by atoms with E-state index in [9.17, 15) is 0 Å². The zero-order chi connectivity index (χ0) is 11.5. The molecule has 0 spiro atoms. The molecular formula is C11H14N2OS2. The van der Waals surface area contributed by atoms with Crippen molar-refractivity contribution in [1.29, 1.82) is 0 Å². The lowest BCUT2D eigenvalue weighted by atomic mass is 10.3. The number of nitrogens with zero attached hydrogens (tertiary/aromatic N) is 1. The van der Waals surface area contributed by atoms with Gasteiger partial charge in [0.1, 0.15) is 5.75 Å². The van der Waals surface area contributed by atoms with Crippen LogP contribution >= 0.6 is 24.0 Å². The Morgan fingerprint density at radius 1 is 1.50 bits per heavy atom. The number of hydrogen-bond acceptors (Lipinski definition) is 3. The van der Waals surface area contributed by atoms with E-state index in [1.54, 1.807) is 7.11 Å². The van der Waals surface area contributed by atoms with Crippen LogP contribution in [0.5, 0.6) is 5.75 Å². The van der Waals surface area contributed by atoms with E-state index in [1.165, 1.54) is 0 Å². The molecule has 0 atom stereocenters. The van der Waals surface area contributed by atoms with Crippen molar-refractivity contribution in [1.82, 2.24) is 9.55 Å². The van der Waals surface area contributed by atoms with Crippen LogP contribution in [0.2, 0.25) is 0 Å². The summed E-state index contributed by atoms with van der Waals surface area (Å²) in [5.74, 6) is 1.91. The monoisotopic (exact) mass is 254 g/mol. The third-order valence-corrected chi connectivity index (χ3v) is 3.41. The first kappa shape index (κ1) is 11.5. The molecule has 0 aliphatic rings. The Kier molecular flexibility index (Phi) is 3.56. The second-order valence-corrected chi connectivity index (χ2v) is 4.83. The second kappa shape index (κ2) is 4.93. The summed E-state index contributed by atoms with van der Waals surface area (Å²) >= 11 is 7.12. The first-order valence-corrected chi connectivity index (χ1v) is 6.82. The maximum atomic E-state index is 5.30. The fraction of sp³-hybridized carbons (Fsp3) is 0.364. The highest BCUT2D eigenvalue weighted by Crippen LogP contribution is 2.20. The van der Waals surface area contributed by atoms with Crippen LogP contribution in [0, 0.1) is 4.77 Å². The van der Waals surface area contributed by atoms with Crippen molar-refractivity contribution >= 4 is 35.0 Å². The highest BCUT2D eigenvalue weighted by atomic mass is 32.2. The van der Waals surface area contributed by atoms with E-state index >= 15 is 0 Å². The summed E-state index contributed by atoms with van der Waals surface area (Å²) in [6.07, 6.45) is 2.10. The molecule has 0 fully saturated rings. The molecule has 1 N–H and O–H groups in total. The average molecular weight is 254 g/mol. The van der Waals surface area contributed by atoms with Gasteiger partial charge in [0.15, 0.2) is 4.77 Å². The Morgan fingerprint density at radius 3 is 3.00 bits per heavy atom. The number of imidazole rings is 1. The summed E-state index contributed by atoms with van der Waals surface area (Å²) in [6.45, 7) is 0.937. The zero-order valence-corrected chi connectivity index (χ0v) is 11.0. The van der Waals surface area contributed by atoms with Crippen LogP contribution in [0.1, 0.15) is 0 Å². The van der Waals surface area contributed by atoms with Gasteiger partial charge in [-0.05, 0) is 30.6 Å². The molecule has 1 aromatic carbocycles. The maximum Gasteiger partial charge on any atom is 0.178 e. The van der Waals surface area contributed by atoms with Gasteiger partial charge in [0.25, 0.3) is 0 Å². The molecule has 2 aromatic rings. The number of aromatic amines is 1. The Bertz CT molecular complexity index is 544. The van der Waals surface area contributed by atoms with Gasteiger partial charge in [-0.1, -0.05) is 0 Å². The Labute approximate surface area is 104 Å². The molecule has 0 saturated heterocycles. The van der Waals surface area contributed by atoms with Crippen molar-refractivity contribution in [2.24, 2.45) is 0 Å². The summed E-state index contributed by atoms with van der Waals surface area (Å²) in [5.41, 5.74) is 2.17. The quantitative estimate of drug-likeness (QED) is 0.850. The fourth-order valence-electron chi connectivity index (χ4n) is 1.67. The van der Waals surface area contributed by atoms with Crippen molar-refractivity contribution in [3.05, 3.63) is 23.0 Å². The number of thioether (sulfide) groups is 1. The molecule has 0 unspecified atom stereocenters. The fourth-order valence-corrected chi connectivity index (χ4v) is 2.34. The molecule has 0 bridgehead atoms. The number of methoxy groups -OCH3 is 1. The average Bonchev–Trinajstić information content (AvgIpc) is 2.61. The summed E-state index contributed by atoms with van der Waals surface area (Å²) < 4.78 is 8.09. The number of nitrogens with one attached hydrogen (secondary N) is 1. The van der Waals surface area contributed by atoms with Crippen LogP contribution in [0.3, 0.4) is 0 Å². The zero-order valence-electron chi connectivity index (χ0n) is 9.32. The van der Waals surface area contributed by atoms with Crippen molar-refractivity contribution in [2.75, 3.05) is 19.1 Å². The van der Waals surface area contributed by atoms with Crippen LogP contribution in [-0.2, 0) is 6.54 Å². The largest absolute Gasteiger partial charge is 0.497 e. The lowest BCUT2D eigenvalue weighted by Crippen LogP contribution is -1.99. The molecule has 86 valence electrons. The minimum Gasteiger partial charge on any atom is -0.497 e. The lowest BCUT2D eigenvalue weighted by molar-refractivity contribution is 0.415. The Morgan fingerprint density at radius 2 is 2.31 bits per heavy atom. The third-order valence-electron chi connectivity index (χ3n) is 2.50. The summed E-state index contributed by atoms with van der Waals surface area (Å²) in [4.78, 5) is 3.20. The molecule has 1 heterocycles. The van der Waals surface area contributed by atoms with Crippen LogP contribution in [0.4, 0.5) is 0 Å². The van der Waals surface area contributed by atoms with Gasteiger partial charge >= 0.3 is 0 Å². The smallest absolute Gasteiger partial charge is 0.178 e. The molecule has 16 heavy (non-hydrogen) atoms. The number of aromatic nitrogens is 2. The topological polar surface area (TPSA) is 29.9 Å². The number of ether oxygens (including phenoxy) is 1. The van der Waals surface area contributed by atoms with Crippen molar-refractivity contribution < 1.29 is 4.74 Å². The molecule has 2 rings (SSSR count). The van der Waals surface area contributed by atoms with Crippen LogP contribution in [-0.4, -0.2) is 28.7 Å². The lowest BCUT2D eigenvalue weighted by Gasteiger charge is -2.03. The SMILES string of the molecule is COc1ccc2c(c1)[nH]c(=S)n2CCSC. The predicted octanol–water partition coefficient (Wildman–Crippen LogP) is 3.07. The maximum absolute atomic E-state index is 5.30.